The summed E-state index contributed by atoms with van der Waals surface area (Å²) in [5, 5.41) is 7.63. The predicted octanol–water partition coefficient (Wildman–Crippen LogP) is 4.00. The highest BCUT2D eigenvalue weighted by atomic mass is 19.1. The number of nitrogens with one attached hydrogen (secondary N) is 1. The van der Waals surface area contributed by atoms with Gasteiger partial charge in [-0.1, -0.05) is 30.3 Å². The molecule has 5 aromatic rings. The number of benzene rings is 3. The van der Waals surface area contributed by atoms with Gasteiger partial charge in [0.05, 0.1) is 16.6 Å². The fraction of sp³-hybridized carbons (Fsp3) is 0.111. The zero-order valence-electron chi connectivity index (χ0n) is 20.2. The first kappa shape index (κ1) is 23.7. The van der Waals surface area contributed by atoms with E-state index in [1.807, 2.05) is 42.5 Å². The largest absolute Gasteiger partial charge is 0.381 e. The summed E-state index contributed by atoms with van der Waals surface area (Å²) in [6.07, 6.45) is 0. The molecule has 3 aromatic carbocycles. The van der Waals surface area contributed by atoms with Crippen LogP contribution in [0.25, 0.3) is 33.2 Å². The van der Waals surface area contributed by atoms with Crippen LogP contribution in [-0.2, 0) is 14.1 Å². The highest BCUT2D eigenvalue weighted by Crippen LogP contribution is 2.29. The Hall–Kier alpha value is -4.99. The van der Waals surface area contributed by atoms with Crippen LogP contribution in [0.2, 0.25) is 0 Å². The van der Waals surface area contributed by atoms with Crippen molar-refractivity contribution < 1.29 is 18.5 Å². The summed E-state index contributed by atoms with van der Waals surface area (Å²) in [5.74, 6) is -1.69. The van der Waals surface area contributed by atoms with Crippen molar-refractivity contribution in [1.82, 2.24) is 14.5 Å². The second-order valence-electron chi connectivity index (χ2n) is 8.62. The summed E-state index contributed by atoms with van der Waals surface area (Å²) in [5.41, 5.74) is 8.77. The predicted molar refractivity (Wildman–Crippen MR) is 137 cm³/mol. The molecular weight excluding hydrogens is 477 g/mol. The van der Waals surface area contributed by atoms with E-state index < -0.39 is 17.6 Å². The van der Waals surface area contributed by atoms with Gasteiger partial charge in [0.15, 0.2) is 5.69 Å². The topological polar surface area (TPSA) is 125 Å². The zero-order chi connectivity index (χ0) is 26.4. The van der Waals surface area contributed by atoms with Gasteiger partial charge in [-0.15, -0.1) is 0 Å². The Morgan fingerprint density at radius 1 is 0.973 bits per heavy atom. The van der Waals surface area contributed by atoms with Crippen molar-refractivity contribution >= 4 is 28.4 Å². The molecule has 0 saturated heterocycles. The number of halogens is 1. The summed E-state index contributed by atoms with van der Waals surface area (Å²) in [6.45, 7) is 1.74. The molecule has 0 unspecified atom stereocenters. The minimum absolute atomic E-state index is 0.165. The van der Waals surface area contributed by atoms with Crippen molar-refractivity contribution in [2.45, 2.75) is 6.92 Å². The average molecular weight is 500 g/mol. The summed E-state index contributed by atoms with van der Waals surface area (Å²) in [7, 11) is 3.29. The molecule has 3 N–H and O–H groups in total. The Morgan fingerprint density at radius 3 is 2.30 bits per heavy atom. The molecule has 0 saturated carbocycles. The van der Waals surface area contributed by atoms with Crippen LogP contribution in [0.1, 0.15) is 26.6 Å². The van der Waals surface area contributed by atoms with Crippen LogP contribution >= 0.6 is 0 Å². The van der Waals surface area contributed by atoms with Gasteiger partial charge in [0.25, 0.3) is 17.4 Å². The molecular formula is C27H22FN5O4. The third-order valence-corrected chi connectivity index (χ3v) is 6.19. The number of amides is 2. The number of hydrogen-bond donors (Lipinski definition) is 2. The Balaban J connectivity index is 1.49. The number of hydrogen-bond acceptors (Lipinski definition) is 5. The van der Waals surface area contributed by atoms with Crippen LogP contribution in [0.4, 0.5) is 10.1 Å². The van der Waals surface area contributed by atoms with E-state index in [1.54, 1.807) is 25.7 Å². The Morgan fingerprint density at radius 2 is 1.65 bits per heavy atom. The van der Waals surface area contributed by atoms with Gasteiger partial charge in [-0.25, -0.2) is 4.39 Å². The number of rotatable bonds is 5. The lowest BCUT2D eigenvalue weighted by Gasteiger charge is -2.07. The third kappa shape index (κ3) is 4.18. The fourth-order valence-corrected chi connectivity index (χ4v) is 4.35. The molecule has 9 nitrogen and oxygen atoms in total. The molecule has 186 valence electrons. The van der Waals surface area contributed by atoms with Crippen molar-refractivity contribution in [1.29, 1.82) is 0 Å². The van der Waals surface area contributed by atoms with E-state index in [-0.39, 0.29) is 22.5 Å². The average Bonchev–Trinajstić information content (AvgIpc) is 3.34. The number of anilines is 1. The molecule has 5 rings (SSSR count). The Kier molecular flexibility index (Phi) is 5.71. The molecule has 0 bridgehead atoms. The number of nitrogens with zero attached hydrogens (tertiary/aromatic N) is 3. The molecule has 0 spiro atoms. The molecule has 0 aliphatic heterocycles. The lowest BCUT2D eigenvalue weighted by molar-refractivity contribution is 0.0992. The standard InChI is InChI=1S/C27H22FN5O4/c1-14-23(27(36)33(3)37-14)16-6-4-15(5-7-16)17-8-11-22-20(12-17)24(31-32(22)2)26(35)30-18-9-10-21(28)19(13-18)25(29)34/h4-13H,1-3H3,(H2,29,34)(H,30,35). The van der Waals surface area contributed by atoms with Crippen molar-refractivity contribution in [2.75, 3.05) is 5.32 Å². The SMILES string of the molecule is Cc1on(C)c(=O)c1-c1ccc(-c2ccc3c(c2)c(C(=O)Nc2ccc(F)c(C(N)=O)c2)nn3C)cc1. The molecule has 0 fully saturated rings. The van der Waals surface area contributed by atoms with Gasteiger partial charge in [-0.3, -0.25) is 19.1 Å². The summed E-state index contributed by atoms with van der Waals surface area (Å²) in [6, 6.07) is 16.7. The number of primary amides is 1. The molecule has 0 aliphatic carbocycles. The van der Waals surface area contributed by atoms with Crippen LogP contribution in [-0.4, -0.2) is 26.3 Å². The van der Waals surface area contributed by atoms with Crippen LogP contribution < -0.4 is 16.6 Å². The van der Waals surface area contributed by atoms with Crippen LogP contribution in [0.5, 0.6) is 0 Å². The maximum atomic E-state index is 13.8. The van der Waals surface area contributed by atoms with Crippen molar-refractivity contribution in [3.63, 3.8) is 0 Å². The molecule has 2 amide bonds. The van der Waals surface area contributed by atoms with Crippen LogP contribution in [0.3, 0.4) is 0 Å². The molecule has 0 atom stereocenters. The maximum absolute atomic E-state index is 13.8. The van der Waals surface area contributed by atoms with E-state index in [1.165, 1.54) is 16.9 Å². The first-order valence-electron chi connectivity index (χ1n) is 11.3. The van der Waals surface area contributed by atoms with Gasteiger partial charge >= 0.3 is 0 Å². The zero-order valence-corrected chi connectivity index (χ0v) is 20.2. The van der Waals surface area contributed by atoms with Crippen molar-refractivity contribution in [2.24, 2.45) is 19.8 Å². The number of aromatic nitrogens is 3. The maximum Gasteiger partial charge on any atom is 0.290 e. The highest BCUT2D eigenvalue weighted by Gasteiger charge is 2.19. The number of carbonyl (C=O) groups excluding carboxylic acids is 2. The Bertz CT molecular complexity index is 1760. The van der Waals surface area contributed by atoms with Gasteiger partial charge in [0, 0.05) is 25.2 Å². The molecule has 2 aromatic heterocycles. The van der Waals surface area contributed by atoms with Crippen molar-refractivity contribution in [3.8, 4) is 22.3 Å². The molecule has 10 heteroatoms. The quantitative estimate of drug-likeness (QED) is 0.378. The summed E-state index contributed by atoms with van der Waals surface area (Å²) >= 11 is 0. The molecule has 2 heterocycles. The van der Waals surface area contributed by atoms with Gasteiger partial charge < -0.3 is 15.6 Å². The number of carbonyl (C=O) groups is 2. The smallest absolute Gasteiger partial charge is 0.290 e. The molecule has 0 aliphatic rings. The normalized spacial score (nSPS) is 11.1. The molecule has 37 heavy (non-hydrogen) atoms. The number of nitrogens with two attached hydrogens (primary N) is 1. The summed E-state index contributed by atoms with van der Waals surface area (Å²) in [4.78, 5) is 36.9. The second kappa shape index (κ2) is 8.90. The first-order valence-corrected chi connectivity index (χ1v) is 11.3. The lowest BCUT2D eigenvalue weighted by atomic mass is 9.99. The van der Waals surface area contributed by atoms with Gasteiger partial charge in [-0.2, -0.15) is 9.84 Å². The number of aryl methyl sites for hydroxylation is 3. The van der Waals surface area contributed by atoms with E-state index in [9.17, 15) is 18.8 Å². The third-order valence-electron chi connectivity index (χ3n) is 6.19. The van der Waals surface area contributed by atoms with Crippen LogP contribution in [0, 0.1) is 12.7 Å². The fourth-order valence-electron chi connectivity index (χ4n) is 4.35. The van der Waals surface area contributed by atoms with Crippen LogP contribution in [0.15, 0.2) is 70.0 Å². The van der Waals surface area contributed by atoms with Gasteiger partial charge in [-0.05, 0) is 53.9 Å². The summed E-state index contributed by atoms with van der Waals surface area (Å²) < 4.78 is 22.0. The first-order chi connectivity index (χ1) is 17.6. The Labute approximate surface area is 209 Å². The minimum atomic E-state index is -0.934. The van der Waals surface area contributed by atoms with E-state index in [4.69, 9.17) is 10.3 Å². The van der Waals surface area contributed by atoms with Gasteiger partial charge in [0.2, 0.25) is 0 Å². The van der Waals surface area contributed by atoms with Crippen molar-refractivity contribution in [3.05, 3.63) is 93.9 Å². The monoisotopic (exact) mass is 499 g/mol. The second-order valence-corrected chi connectivity index (χ2v) is 8.62. The van der Waals surface area contributed by atoms with Gasteiger partial charge in [0.1, 0.15) is 11.6 Å². The van der Waals surface area contributed by atoms with E-state index in [0.717, 1.165) is 28.3 Å². The van der Waals surface area contributed by atoms with E-state index in [2.05, 4.69) is 10.4 Å². The minimum Gasteiger partial charge on any atom is -0.381 e. The number of fused-ring (bicyclic) bond motifs is 1. The molecule has 0 radical (unpaired) electrons. The van der Waals surface area contributed by atoms with E-state index in [0.29, 0.717) is 16.7 Å². The highest BCUT2D eigenvalue weighted by molar-refractivity contribution is 6.12. The van der Waals surface area contributed by atoms with E-state index >= 15 is 0 Å². The lowest BCUT2D eigenvalue weighted by Crippen LogP contribution is -2.16.